The molecule has 1 heterocycles. The van der Waals surface area contributed by atoms with E-state index in [9.17, 15) is 13.2 Å². The molecule has 0 bridgehead atoms. The van der Waals surface area contributed by atoms with Crippen molar-refractivity contribution in [3.63, 3.8) is 0 Å². The third-order valence-corrected chi connectivity index (χ3v) is 5.39. The van der Waals surface area contributed by atoms with Gasteiger partial charge < -0.3 is 10.1 Å². The van der Waals surface area contributed by atoms with Crippen LogP contribution in [0.3, 0.4) is 0 Å². The Balaban J connectivity index is 1.79. The van der Waals surface area contributed by atoms with Gasteiger partial charge in [0.2, 0.25) is 10.0 Å². The predicted octanol–water partition coefficient (Wildman–Crippen LogP) is 2.25. The molecule has 0 radical (unpaired) electrons. The summed E-state index contributed by atoms with van der Waals surface area (Å²) in [6, 6.07) is 14.7. The summed E-state index contributed by atoms with van der Waals surface area (Å²) in [6.45, 7) is -0.141. The van der Waals surface area contributed by atoms with Crippen LogP contribution in [0.15, 0.2) is 59.5 Å². The van der Waals surface area contributed by atoms with Crippen LogP contribution < -0.4 is 14.8 Å². The number of ether oxygens (including phenoxy) is 1. The molecule has 0 aliphatic carbocycles. The summed E-state index contributed by atoms with van der Waals surface area (Å²) in [6.07, 6.45) is 5.08. The lowest BCUT2D eigenvalue weighted by atomic mass is 10.1. The van der Waals surface area contributed by atoms with Crippen molar-refractivity contribution in [1.29, 1.82) is 0 Å². The van der Waals surface area contributed by atoms with Crippen molar-refractivity contribution < 1.29 is 17.9 Å². The van der Waals surface area contributed by atoms with Crippen molar-refractivity contribution in [3.8, 4) is 29.4 Å². The number of carbonyl (C=O) groups excluding carboxylic acids is 1. The number of para-hydroxylation sites is 1. The van der Waals surface area contributed by atoms with E-state index >= 15 is 0 Å². The van der Waals surface area contributed by atoms with E-state index < -0.39 is 15.9 Å². The fourth-order valence-electron chi connectivity index (χ4n) is 2.60. The quantitative estimate of drug-likeness (QED) is 0.517. The maximum Gasteiger partial charge on any atom is 0.256 e. The zero-order valence-electron chi connectivity index (χ0n) is 15.5. The zero-order valence-corrected chi connectivity index (χ0v) is 16.3. The molecule has 0 saturated heterocycles. The number of amides is 1. The number of sulfonamides is 1. The summed E-state index contributed by atoms with van der Waals surface area (Å²) in [4.78, 5) is 12.5. The minimum Gasteiger partial charge on any atom is -0.496 e. The van der Waals surface area contributed by atoms with Gasteiger partial charge in [0.15, 0.2) is 5.82 Å². The van der Waals surface area contributed by atoms with Crippen molar-refractivity contribution in [2.24, 2.45) is 0 Å². The Kier molecular flexibility index (Phi) is 5.97. The average Bonchev–Trinajstić information content (AvgIpc) is 3.20. The third-order valence-electron chi connectivity index (χ3n) is 3.99. The largest absolute Gasteiger partial charge is 0.496 e. The molecule has 0 aliphatic rings. The molecule has 1 amide bonds. The van der Waals surface area contributed by atoms with Crippen molar-refractivity contribution in [3.05, 3.63) is 60.2 Å². The third kappa shape index (κ3) is 4.63. The van der Waals surface area contributed by atoms with Crippen molar-refractivity contribution in [2.45, 2.75) is 4.90 Å². The van der Waals surface area contributed by atoms with E-state index in [0.29, 0.717) is 11.4 Å². The van der Waals surface area contributed by atoms with Crippen LogP contribution >= 0.6 is 0 Å². The summed E-state index contributed by atoms with van der Waals surface area (Å²) in [7, 11) is -2.23. The Morgan fingerprint density at radius 2 is 2.00 bits per heavy atom. The summed E-state index contributed by atoms with van der Waals surface area (Å²) in [5, 5.41) is 9.56. The van der Waals surface area contributed by atoms with Crippen molar-refractivity contribution in [1.82, 2.24) is 14.9 Å². The monoisotopic (exact) mass is 410 g/mol. The molecule has 29 heavy (non-hydrogen) atoms. The molecule has 0 unspecified atom stereocenters. The van der Waals surface area contributed by atoms with Crippen LogP contribution in [0.2, 0.25) is 0 Å². The van der Waals surface area contributed by atoms with Gasteiger partial charge in [-0.05, 0) is 30.3 Å². The number of hydrogen-bond acceptors (Lipinski definition) is 5. The van der Waals surface area contributed by atoms with Crippen LogP contribution in [0.5, 0.6) is 5.75 Å². The van der Waals surface area contributed by atoms with Crippen LogP contribution in [0.4, 0.5) is 5.82 Å². The lowest BCUT2D eigenvalue weighted by Gasteiger charge is -2.07. The van der Waals surface area contributed by atoms with Gasteiger partial charge in [0.05, 0.1) is 24.2 Å². The van der Waals surface area contributed by atoms with Gasteiger partial charge in [0, 0.05) is 17.2 Å². The number of hydrogen-bond donors (Lipinski definition) is 3. The Labute approximate surface area is 168 Å². The van der Waals surface area contributed by atoms with Gasteiger partial charge >= 0.3 is 0 Å². The minimum absolute atomic E-state index is 0.0582. The topological polar surface area (TPSA) is 113 Å². The molecular weight excluding hydrogens is 392 g/mol. The van der Waals surface area contributed by atoms with E-state index in [1.165, 1.54) is 24.3 Å². The highest BCUT2D eigenvalue weighted by molar-refractivity contribution is 7.89. The zero-order chi connectivity index (χ0) is 20.9. The lowest BCUT2D eigenvalue weighted by Crippen LogP contribution is -2.24. The smallest absolute Gasteiger partial charge is 0.256 e. The number of anilines is 1. The molecule has 0 atom stereocenters. The van der Waals surface area contributed by atoms with Crippen molar-refractivity contribution in [2.75, 3.05) is 19.0 Å². The molecule has 9 heteroatoms. The standard InChI is InChI=1S/C20H18N4O4S/c1-3-11-21-29(26,27)15-8-6-7-14(12-15)20(25)22-19-13-17(23-24-19)16-9-4-5-10-18(16)28-2/h1,4-10,12-13,21H,11H2,2H3,(H2,22,23,24,25). The first-order chi connectivity index (χ1) is 13.9. The number of nitrogens with one attached hydrogen (secondary N) is 3. The Morgan fingerprint density at radius 1 is 1.21 bits per heavy atom. The highest BCUT2D eigenvalue weighted by atomic mass is 32.2. The van der Waals surface area contributed by atoms with Crippen LogP contribution in [0.25, 0.3) is 11.3 Å². The van der Waals surface area contributed by atoms with Gasteiger partial charge in [-0.1, -0.05) is 24.1 Å². The Bertz CT molecular complexity index is 1180. The van der Waals surface area contributed by atoms with Gasteiger partial charge in [-0.3, -0.25) is 9.89 Å². The first-order valence-corrected chi connectivity index (χ1v) is 9.96. The second-order valence-electron chi connectivity index (χ2n) is 5.88. The van der Waals surface area contributed by atoms with Crippen LogP contribution in [-0.2, 0) is 10.0 Å². The number of H-pyrrole nitrogens is 1. The second kappa shape index (κ2) is 8.60. The fraction of sp³-hybridized carbons (Fsp3) is 0.100. The molecule has 8 nitrogen and oxygen atoms in total. The van der Waals surface area contributed by atoms with E-state index in [-0.39, 0.29) is 22.8 Å². The molecule has 0 fully saturated rings. The molecule has 3 aromatic rings. The van der Waals surface area contributed by atoms with Gasteiger partial charge in [0.1, 0.15) is 5.75 Å². The first-order valence-electron chi connectivity index (χ1n) is 8.48. The minimum atomic E-state index is -3.80. The molecule has 0 saturated carbocycles. The number of rotatable bonds is 7. The molecule has 3 rings (SSSR count). The molecular formula is C20H18N4O4S. The van der Waals surface area contributed by atoms with Crippen molar-refractivity contribution >= 4 is 21.7 Å². The SMILES string of the molecule is C#CCNS(=O)(=O)c1cccc(C(=O)Nc2cc(-c3ccccc3OC)[nH]n2)c1. The van der Waals surface area contributed by atoms with Gasteiger partial charge in [-0.2, -0.15) is 9.82 Å². The lowest BCUT2D eigenvalue weighted by molar-refractivity contribution is 0.102. The van der Waals surface area contributed by atoms with E-state index in [1.807, 2.05) is 24.3 Å². The molecule has 148 valence electrons. The van der Waals surface area contributed by atoms with Gasteiger partial charge in [-0.25, -0.2) is 8.42 Å². The Morgan fingerprint density at radius 3 is 2.76 bits per heavy atom. The van der Waals surface area contributed by atoms with Gasteiger partial charge in [0.25, 0.3) is 5.91 Å². The number of benzene rings is 2. The number of methoxy groups -OCH3 is 1. The predicted molar refractivity (Wildman–Crippen MR) is 109 cm³/mol. The van der Waals surface area contributed by atoms with Crippen LogP contribution in [0, 0.1) is 12.3 Å². The average molecular weight is 410 g/mol. The maximum atomic E-state index is 12.5. The summed E-state index contributed by atoms with van der Waals surface area (Å²) in [5.41, 5.74) is 1.61. The molecule has 2 aromatic carbocycles. The highest BCUT2D eigenvalue weighted by Gasteiger charge is 2.16. The highest BCUT2D eigenvalue weighted by Crippen LogP contribution is 2.29. The van der Waals surface area contributed by atoms with E-state index in [2.05, 4.69) is 26.2 Å². The van der Waals surface area contributed by atoms with Gasteiger partial charge in [-0.15, -0.1) is 6.42 Å². The number of aromatic amines is 1. The van der Waals surface area contributed by atoms with E-state index in [0.717, 1.165) is 5.56 Å². The van der Waals surface area contributed by atoms with E-state index in [4.69, 9.17) is 11.2 Å². The number of terminal acetylenes is 1. The number of aromatic nitrogens is 2. The molecule has 1 aromatic heterocycles. The normalized spacial score (nSPS) is 10.9. The number of nitrogens with zero attached hydrogens (tertiary/aromatic N) is 1. The Hall–Kier alpha value is -3.61. The summed E-state index contributed by atoms with van der Waals surface area (Å²) >= 11 is 0. The first kappa shape index (κ1) is 20.1. The number of carbonyl (C=O) groups is 1. The molecule has 0 spiro atoms. The molecule has 3 N–H and O–H groups in total. The van der Waals surface area contributed by atoms with Crippen LogP contribution in [0.1, 0.15) is 10.4 Å². The van der Waals surface area contributed by atoms with Crippen LogP contribution in [-0.4, -0.2) is 38.2 Å². The molecule has 0 aliphatic heterocycles. The van der Waals surface area contributed by atoms with E-state index in [1.54, 1.807) is 13.2 Å². The summed E-state index contributed by atoms with van der Waals surface area (Å²) < 4.78 is 31.9. The fourth-order valence-corrected chi connectivity index (χ4v) is 3.58. The second-order valence-corrected chi connectivity index (χ2v) is 7.64. The maximum absolute atomic E-state index is 12.5. The summed E-state index contributed by atoms with van der Waals surface area (Å²) in [5.74, 6) is 2.64.